The van der Waals surface area contributed by atoms with Gasteiger partial charge < -0.3 is 14.8 Å². The normalized spacial score (nSPS) is 18.2. The minimum Gasteiger partial charge on any atom is -0.492 e. The van der Waals surface area contributed by atoms with Crippen LogP contribution >= 0.6 is 0 Å². The molecule has 1 amide bonds. The molecule has 1 saturated carbocycles. The van der Waals surface area contributed by atoms with Crippen molar-refractivity contribution in [3.8, 4) is 5.75 Å². The van der Waals surface area contributed by atoms with Gasteiger partial charge in [-0.3, -0.25) is 9.69 Å². The Labute approximate surface area is 179 Å². The summed E-state index contributed by atoms with van der Waals surface area (Å²) in [7, 11) is 2.16. The molecule has 1 aliphatic carbocycles. The van der Waals surface area contributed by atoms with Crippen molar-refractivity contribution >= 4 is 5.91 Å². The fourth-order valence-corrected chi connectivity index (χ4v) is 4.24. The maximum atomic E-state index is 12.8. The largest absolute Gasteiger partial charge is 0.492 e. The summed E-state index contributed by atoms with van der Waals surface area (Å²) < 4.78 is 11.4. The highest BCUT2D eigenvalue weighted by Gasteiger charge is 2.50. The lowest BCUT2D eigenvalue weighted by Crippen LogP contribution is -2.38. The van der Waals surface area contributed by atoms with Gasteiger partial charge in [-0.2, -0.15) is 0 Å². The van der Waals surface area contributed by atoms with Crippen molar-refractivity contribution in [2.75, 3.05) is 33.4 Å². The van der Waals surface area contributed by atoms with Gasteiger partial charge in [0, 0.05) is 32.3 Å². The van der Waals surface area contributed by atoms with Crippen LogP contribution in [-0.4, -0.2) is 50.3 Å². The van der Waals surface area contributed by atoms with Crippen LogP contribution in [0.4, 0.5) is 0 Å². The first-order valence-corrected chi connectivity index (χ1v) is 11.0. The molecule has 1 heterocycles. The number of amides is 1. The van der Waals surface area contributed by atoms with E-state index in [1.54, 1.807) is 0 Å². The molecule has 0 bridgehead atoms. The topological polar surface area (TPSA) is 50.8 Å². The third kappa shape index (κ3) is 5.02. The van der Waals surface area contributed by atoms with Gasteiger partial charge in [-0.1, -0.05) is 42.5 Å². The lowest BCUT2D eigenvalue weighted by atomic mass is 9.95. The van der Waals surface area contributed by atoms with Crippen molar-refractivity contribution in [2.24, 2.45) is 0 Å². The van der Waals surface area contributed by atoms with Crippen LogP contribution in [0.5, 0.6) is 5.75 Å². The molecule has 1 aliphatic heterocycles. The van der Waals surface area contributed by atoms with Crippen molar-refractivity contribution in [3.63, 3.8) is 0 Å². The molecule has 5 heteroatoms. The third-order valence-electron chi connectivity index (χ3n) is 6.39. The molecule has 1 saturated heterocycles. The molecule has 5 nitrogen and oxygen atoms in total. The Morgan fingerprint density at radius 3 is 2.63 bits per heavy atom. The molecule has 160 valence electrons. The standard InChI is InChI=1S/C25H32N2O3/c1-27(22-10-15-29-16-11-22)14-17-30-23-9-5-6-20(18-23)19-26-24(28)25(12-13-25)21-7-3-2-4-8-21/h2-9,18,22H,10-17,19H2,1H3,(H,26,28). The molecule has 2 fully saturated rings. The highest BCUT2D eigenvalue weighted by atomic mass is 16.5. The van der Waals surface area contributed by atoms with Crippen molar-refractivity contribution in [3.05, 3.63) is 65.7 Å². The smallest absolute Gasteiger partial charge is 0.230 e. The van der Waals surface area contributed by atoms with Gasteiger partial charge in [0.05, 0.1) is 5.41 Å². The zero-order valence-corrected chi connectivity index (χ0v) is 17.8. The van der Waals surface area contributed by atoms with E-state index >= 15 is 0 Å². The van der Waals surface area contributed by atoms with Crippen LogP contribution < -0.4 is 10.1 Å². The minimum atomic E-state index is -0.329. The summed E-state index contributed by atoms with van der Waals surface area (Å²) >= 11 is 0. The molecule has 2 aromatic rings. The summed E-state index contributed by atoms with van der Waals surface area (Å²) in [4.78, 5) is 15.2. The number of ether oxygens (including phenoxy) is 2. The number of hydrogen-bond donors (Lipinski definition) is 1. The molecule has 2 aromatic carbocycles. The minimum absolute atomic E-state index is 0.123. The molecular formula is C25H32N2O3. The Kier molecular flexibility index (Phi) is 6.70. The van der Waals surface area contributed by atoms with E-state index < -0.39 is 0 Å². The van der Waals surface area contributed by atoms with Gasteiger partial charge in [0.2, 0.25) is 5.91 Å². The van der Waals surface area contributed by atoms with E-state index in [2.05, 4.69) is 29.4 Å². The second kappa shape index (κ2) is 9.63. The van der Waals surface area contributed by atoms with Gasteiger partial charge in [0.15, 0.2) is 0 Å². The van der Waals surface area contributed by atoms with Crippen LogP contribution in [0.15, 0.2) is 54.6 Å². The highest BCUT2D eigenvalue weighted by Crippen LogP contribution is 2.48. The Morgan fingerprint density at radius 2 is 1.90 bits per heavy atom. The average Bonchev–Trinajstić information content (AvgIpc) is 3.61. The van der Waals surface area contributed by atoms with Gasteiger partial charge >= 0.3 is 0 Å². The second-order valence-electron chi connectivity index (χ2n) is 8.45. The van der Waals surface area contributed by atoms with Gasteiger partial charge in [-0.25, -0.2) is 0 Å². The average molecular weight is 409 g/mol. The Bertz CT molecular complexity index is 829. The lowest BCUT2D eigenvalue weighted by molar-refractivity contribution is -0.123. The number of benzene rings is 2. The predicted molar refractivity (Wildman–Crippen MR) is 118 cm³/mol. The van der Waals surface area contributed by atoms with Gasteiger partial charge in [-0.05, 0) is 56.0 Å². The second-order valence-corrected chi connectivity index (χ2v) is 8.45. The highest BCUT2D eigenvalue weighted by molar-refractivity contribution is 5.91. The van der Waals surface area contributed by atoms with Crippen molar-refractivity contribution in [1.82, 2.24) is 10.2 Å². The van der Waals surface area contributed by atoms with Gasteiger partial charge in [0.1, 0.15) is 12.4 Å². The van der Waals surface area contributed by atoms with E-state index in [4.69, 9.17) is 9.47 Å². The lowest BCUT2D eigenvalue weighted by Gasteiger charge is -2.31. The zero-order valence-electron chi connectivity index (χ0n) is 17.8. The van der Waals surface area contributed by atoms with Crippen molar-refractivity contribution < 1.29 is 14.3 Å². The van der Waals surface area contributed by atoms with Crippen LogP contribution in [0.25, 0.3) is 0 Å². The number of nitrogens with one attached hydrogen (secondary N) is 1. The first-order valence-electron chi connectivity index (χ1n) is 11.0. The first-order chi connectivity index (χ1) is 14.7. The fraction of sp³-hybridized carbons (Fsp3) is 0.480. The Balaban J connectivity index is 1.25. The molecule has 2 aliphatic rings. The quantitative estimate of drug-likeness (QED) is 0.690. The zero-order chi connectivity index (χ0) is 20.8. The Morgan fingerprint density at radius 1 is 1.13 bits per heavy atom. The molecule has 0 radical (unpaired) electrons. The first kappa shape index (κ1) is 20.9. The van der Waals surface area contributed by atoms with E-state index in [-0.39, 0.29) is 11.3 Å². The maximum absolute atomic E-state index is 12.8. The van der Waals surface area contributed by atoms with E-state index in [1.807, 2.05) is 42.5 Å². The molecule has 30 heavy (non-hydrogen) atoms. The van der Waals surface area contributed by atoms with Crippen LogP contribution in [0.2, 0.25) is 0 Å². The number of likely N-dealkylation sites (N-methyl/N-ethyl adjacent to an activating group) is 1. The van der Waals surface area contributed by atoms with E-state index in [0.717, 1.165) is 62.3 Å². The summed E-state index contributed by atoms with van der Waals surface area (Å²) in [6.07, 6.45) is 4.03. The van der Waals surface area contributed by atoms with Crippen molar-refractivity contribution in [2.45, 2.75) is 43.7 Å². The van der Waals surface area contributed by atoms with E-state index in [9.17, 15) is 4.79 Å². The van der Waals surface area contributed by atoms with Crippen LogP contribution in [0.3, 0.4) is 0 Å². The number of carbonyl (C=O) groups is 1. The fourth-order valence-electron chi connectivity index (χ4n) is 4.24. The Hall–Kier alpha value is -2.37. The molecule has 0 aromatic heterocycles. The molecule has 1 N–H and O–H groups in total. The van der Waals surface area contributed by atoms with E-state index in [0.29, 0.717) is 19.2 Å². The predicted octanol–water partition coefficient (Wildman–Crippen LogP) is 3.52. The number of rotatable bonds is 9. The molecule has 0 unspecified atom stereocenters. The maximum Gasteiger partial charge on any atom is 0.230 e. The SMILES string of the molecule is CN(CCOc1cccc(CNC(=O)C2(c3ccccc3)CC2)c1)C1CCOCC1. The third-order valence-corrected chi connectivity index (χ3v) is 6.39. The number of nitrogens with zero attached hydrogens (tertiary/aromatic N) is 1. The van der Waals surface area contributed by atoms with Crippen LogP contribution in [0, 0.1) is 0 Å². The summed E-state index contributed by atoms with van der Waals surface area (Å²) in [5.41, 5.74) is 1.85. The summed E-state index contributed by atoms with van der Waals surface area (Å²) in [6.45, 7) is 3.78. The van der Waals surface area contributed by atoms with Gasteiger partial charge in [-0.15, -0.1) is 0 Å². The van der Waals surface area contributed by atoms with E-state index in [1.165, 1.54) is 0 Å². The van der Waals surface area contributed by atoms with Crippen LogP contribution in [-0.2, 0) is 21.5 Å². The number of hydrogen-bond acceptors (Lipinski definition) is 4. The number of carbonyl (C=O) groups excluding carboxylic acids is 1. The van der Waals surface area contributed by atoms with Gasteiger partial charge in [0.25, 0.3) is 0 Å². The monoisotopic (exact) mass is 408 g/mol. The molecule has 0 spiro atoms. The van der Waals surface area contributed by atoms with Crippen molar-refractivity contribution in [1.29, 1.82) is 0 Å². The van der Waals surface area contributed by atoms with Crippen LogP contribution in [0.1, 0.15) is 36.8 Å². The summed E-state index contributed by atoms with van der Waals surface area (Å²) in [6, 6.07) is 18.7. The molecule has 0 atom stereocenters. The summed E-state index contributed by atoms with van der Waals surface area (Å²) in [5, 5.41) is 3.13. The summed E-state index contributed by atoms with van der Waals surface area (Å²) in [5.74, 6) is 0.976. The molecule has 4 rings (SSSR count). The molecular weight excluding hydrogens is 376 g/mol.